The van der Waals surface area contributed by atoms with E-state index in [1.54, 1.807) is 48.5 Å². The molecule has 0 aliphatic heterocycles. The number of hydrogen-bond donors (Lipinski definition) is 2. The van der Waals surface area contributed by atoms with Crippen molar-refractivity contribution in [2.24, 2.45) is 0 Å². The van der Waals surface area contributed by atoms with Crippen molar-refractivity contribution in [3.63, 3.8) is 0 Å². The van der Waals surface area contributed by atoms with Gasteiger partial charge in [0.1, 0.15) is 0 Å². The van der Waals surface area contributed by atoms with Gasteiger partial charge in [-0.2, -0.15) is 0 Å². The van der Waals surface area contributed by atoms with Crippen LogP contribution in [0.1, 0.15) is 18.0 Å². The van der Waals surface area contributed by atoms with Crippen LogP contribution in [0.4, 0.5) is 5.69 Å². The zero-order valence-electron chi connectivity index (χ0n) is 12.5. The van der Waals surface area contributed by atoms with Crippen LogP contribution in [0.25, 0.3) is 0 Å². The molecule has 1 unspecified atom stereocenters. The average molecular weight is 353 g/mol. The fraction of sp³-hybridized carbons (Fsp3) is 0.188. The van der Waals surface area contributed by atoms with Crippen LogP contribution in [0.15, 0.2) is 54.6 Å². The van der Waals surface area contributed by atoms with Gasteiger partial charge in [0.15, 0.2) is 0 Å². The van der Waals surface area contributed by atoms with Crippen molar-refractivity contribution in [3.05, 3.63) is 65.2 Å². The van der Waals surface area contributed by atoms with E-state index in [1.807, 2.05) is 6.07 Å². The second-order valence-electron chi connectivity index (χ2n) is 5.11. The number of hydrogen-bond acceptors (Lipinski definition) is 3. The molecule has 0 heterocycles. The van der Waals surface area contributed by atoms with Crippen molar-refractivity contribution in [2.45, 2.75) is 12.5 Å². The number of nitrogens with one attached hydrogen (secondary N) is 2. The summed E-state index contributed by atoms with van der Waals surface area (Å²) in [5.74, 6) is -0.285. The molecule has 0 aliphatic rings. The molecule has 0 fully saturated rings. The minimum absolute atomic E-state index is 0.0242. The standard InChI is InChI=1S/C16H17ClN2O3S/c1-23(21,22)19-15(12-7-9-13(17)10-8-12)11-16(20)18-14-5-3-2-4-6-14/h2-10,15,19H,11H2,1H3,(H,18,20). The number of halogens is 1. The van der Waals surface area contributed by atoms with E-state index >= 15 is 0 Å². The predicted octanol–water partition coefficient (Wildman–Crippen LogP) is 2.96. The van der Waals surface area contributed by atoms with Crippen molar-refractivity contribution in [3.8, 4) is 0 Å². The lowest BCUT2D eigenvalue weighted by molar-refractivity contribution is -0.116. The molecule has 2 aromatic carbocycles. The highest BCUT2D eigenvalue weighted by atomic mass is 35.5. The van der Waals surface area contributed by atoms with Crippen molar-refractivity contribution >= 4 is 33.2 Å². The van der Waals surface area contributed by atoms with Gasteiger partial charge in [-0.05, 0) is 29.8 Å². The van der Waals surface area contributed by atoms with Crippen LogP contribution in [0, 0.1) is 0 Å². The van der Waals surface area contributed by atoms with E-state index in [2.05, 4.69) is 10.0 Å². The summed E-state index contributed by atoms with van der Waals surface area (Å²) >= 11 is 5.84. The maximum Gasteiger partial charge on any atom is 0.226 e. The summed E-state index contributed by atoms with van der Waals surface area (Å²) in [4.78, 5) is 12.2. The Kier molecular flexibility index (Phi) is 5.76. The van der Waals surface area contributed by atoms with Crippen LogP contribution in [0.3, 0.4) is 0 Å². The fourth-order valence-electron chi connectivity index (χ4n) is 2.10. The monoisotopic (exact) mass is 352 g/mol. The lowest BCUT2D eigenvalue weighted by Crippen LogP contribution is -2.30. The molecule has 2 N–H and O–H groups in total. The normalized spacial score (nSPS) is 12.6. The summed E-state index contributed by atoms with van der Waals surface area (Å²) in [7, 11) is -3.46. The molecule has 0 aliphatic carbocycles. The molecule has 0 spiro atoms. The highest BCUT2D eigenvalue weighted by Crippen LogP contribution is 2.21. The van der Waals surface area contributed by atoms with E-state index in [4.69, 9.17) is 11.6 Å². The molecule has 0 saturated carbocycles. The quantitative estimate of drug-likeness (QED) is 0.839. The second kappa shape index (κ2) is 7.59. The Morgan fingerprint density at radius 2 is 1.70 bits per heavy atom. The topological polar surface area (TPSA) is 75.3 Å². The van der Waals surface area contributed by atoms with E-state index in [1.165, 1.54) is 0 Å². The molecule has 23 heavy (non-hydrogen) atoms. The van der Waals surface area contributed by atoms with Gasteiger partial charge in [0.2, 0.25) is 15.9 Å². The highest BCUT2D eigenvalue weighted by molar-refractivity contribution is 7.88. The molecule has 1 amide bonds. The average Bonchev–Trinajstić information content (AvgIpc) is 2.47. The molecule has 2 aromatic rings. The number of anilines is 1. The molecule has 0 bridgehead atoms. The zero-order valence-corrected chi connectivity index (χ0v) is 14.1. The lowest BCUT2D eigenvalue weighted by Gasteiger charge is -2.18. The largest absolute Gasteiger partial charge is 0.326 e. The Balaban J connectivity index is 2.14. The van der Waals surface area contributed by atoms with Gasteiger partial charge >= 0.3 is 0 Å². The molecule has 1 atom stereocenters. The lowest BCUT2D eigenvalue weighted by atomic mass is 10.0. The molecular weight excluding hydrogens is 336 g/mol. The Hall–Kier alpha value is -1.89. The summed E-state index contributed by atoms with van der Waals surface area (Å²) in [5, 5.41) is 3.28. The molecule has 0 saturated heterocycles. The van der Waals surface area contributed by atoms with E-state index in [0.29, 0.717) is 16.3 Å². The molecule has 0 radical (unpaired) electrons. The number of amides is 1. The summed E-state index contributed by atoms with van der Waals surface area (Å²) < 4.78 is 25.6. The van der Waals surface area contributed by atoms with Gasteiger partial charge < -0.3 is 5.32 Å². The van der Waals surface area contributed by atoms with Crippen molar-refractivity contribution in [1.82, 2.24) is 4.72 Å². The minimum Gasteiger partial charge on any atom is -0.326 e. The van der Waals surface area contributed by atoms with E-state index in [9.17, 15) is 13.2 Å². The summed E-state index contributed by atoms with van der Waals surface area (Å²) in [6, 6.07) is 15.0. The van der Waals surface area contributed by atoms with Gasteiger partial charge in [-0.15, -0.1) is 0 Å². The van der Waals surface area contributed by atoms with Gasteiger partial charge in [0.25, 0.3) is 0 Å². The SMILES string of the molecule is CS(=O)(=O)NC(CC(=O)Nc1ccccc1)c1ccc(Cl)cc1. The first-order valence-electron chi connectivity index (χ1n) is 6.91. The summed E-state index contributed by atoms with van der Waals surface area (Å²) in [6.07, 6.45) is 1.04. The van der Waals surface area contributed by atoms with Crippen molar-refractivity contribution < 1.29 is 13.2 Å². The molecule has 122 valence electrons. The van der Waals surface area contributed by atoms with Crippen molar-refractivity contribution in [2.75, 3.05) is 11.6 Å². The molecule has 0 aromatic heterocycles. The first kappa shape index (κ1) is 17.5. The van der Waals surface area contributed by atoms with Crippen molar-refractivity contribution in [1.29, 1.82) is 0 Å². The molecule has 7 heteroatoms. The minimum atomic E-state index is -3.46. The maximum atomic E-state index is 12.2. The second-order valence-corrected chi connectivity index (χ2v) is 7.33. The number of carbonyl (C=O) groups is 1. The summed E-state index contributed by atoms with van der Waals surface area (Å²) in [6.45, 7) is 0. The first-order chi connectivity index (χ1) is 10.8. The van der Waals surface area contributed by atoms with Crippen LogP contribution >= 0.6 is 11.6 Å². The summed E-state index contributed by atoms with van der Waals surface area (Å²) in [5.41, 5.74) is 1.33. The van der Waals surface area contributed by atoms with E-state index in [-0.39, 0.29) is 12.3 Å². The van der Waals surface area contributed by atoms with E-state index < -0.39 is 16.1 Å². The number of para-hydroxylation sites is 1. The van der Waals surface area contributed by atoms with E-state index in [0.717, 1.165) is 6.26 Å². The predicted molar refractivity (Wildman–Crippen MR) is 91.9 cm³/mol. The Morgan fingerprint density at radius 3 is 2.26 bits per heavy atom. The van der Waals surface area contributed by atoms with Crippen LogP contribution < -0.4 is 10.0 Å². The molecular formula is C16H17ClN2O3S. The Bertz CT molecular complexity index is 762. The first-order valence-corrected chi connectivity index (χ1v) is 9.18. The van der Waals surface area contributed by atoms with Crippen LogP contribution in [-0.4, -0.2) is 20.6 Å². The number of carbonyl (C=O) groups excluding carboxylic acids is 1. The zero-order chi connectivity index (χ0) is 16.9. The number of benzene rings is 2. The Labute approximate surface area is 140 Å². The highest BCUT2D eigenvalue weighted by Gasteiger charge is 2.19. The molecule has 2 rings (SSSR count). The van der Waals surface area contributed by atoms with Crippen LogP contribution in [0.2, 0.25) is 5.02 Å². The number of sulfonamides is 1. The Morgan fingerprint density at radius 1 is 1.09 bits per heavy atom. The third-order valence-corrected chi connectivity index (χ3v) is 4.04. The molecule has 5 nitrogen and oxygen atoms in total. The van der Waals surface area contributed by atoms with Crippen LogP contribution in [0.5, 0.6) is 0 Å². The number of rotatable bonds is 6. The smallest absolute Gasteiger partial charge is 0.226 e. The van der Waals surface area contributed by atoms with Gasteiger partial charge in [0, 0.05) is 17.1 Å². The fourth-order valence-corrected chi connectivity index (χ4v) is 2.96. The third-order valence-electron chi connectivity index (χ3n) is 3.08. The van der Waals surface area contributed by atoms with Gasteiger partial charge in [-0.25, -0.2) is 13.1 Å². The van der Waals surface area contributed by atoms with Gasteiger partial charge in [-0.1, -0.05) is 41.9 Å². The third kappa shape index (κ3) is 6.02. The van der Waals surface area contributed by atoms with Crippen LogP contribution in [-0.2, 0) is 14.8 Å². The van der Waals surface area contributed by atoms with Gasteiger partial charge in [0.05, 0.1) is 12.3 Å². The maximum absolute atomic E-state index is 12.2. The van der Waals surface area contributed by atoms with Gasteiger partial charge in [-0.3, -0.25) is 4.79 Å².